The minimum absolute atomic E-state index is 0.0385. The number of nitrogens with zero attached hydrogens (tertiary/aromatic N) is 3. The van der Waals surface area contributed by atoms with Crippen LogP contribution in [0.3, 0.4) is 0 Å². The Morgan fingerprint density at radius 1 is 1.40 bits per heavy atom. The van der Waals surface area contributed by atoms with Gasteiger partial charge >= 0.3 is 12.1 Å². The summed E-state index contributed by atoms with van der Waals surface area (Å²) >= 11 is 1.83. The smallest absolute Gasteiger partial charge is 0.475 e. The molecule has 3 heterocycles. The van der Waals surface area contributed by atoms with Crippen molar-refractivity contribution in [3.05, 3.63) is 24.1 Å². The summed E-state index contributed by atoms with van der Waals surface area (Å²) in [7, 11) is 3.94. The van der Waals surface area contributed by atoms with Crippen molar-refractivity contribution in [2.24, 2.45) is 0 Å². The standard InChI is InChI=1S/C16H22FN3O2S.C2HF3O2/c1-19(2)7-5-14(21)20-10-16(11-20)8-12(9-23-16)22-15-13(17)4-3-6-18-15;3-2(4,5)1(6)7/h3-4,6,12H,5,7-11H2,1-2H3;(H,6,7). The predicted octanol–water partition coefficient (Wildman–Crippen LogP) is 2.27. The number of carbonyl (C=O) groups is 2. The van der Waals surface area contributed by atoms with E-state index in [0.29, 0.717) is 6.42 Å². The molecule has 0 aromatic carbocycles. The van der Waals surface area contributed by atoms with Gasteiger partial charge in [-0.3, -0.25) is 4.79 Å². The van der Waals surface area contributed by atoms with Gasteiger partial charge in [-0.05, 0) is 26.2 Å². The van der Waals surface area contributed by atoms with Crippen LogP contribution in [0.5, 0.6) is 5.88 Å². The van der Waals surface area contributed by atoms with Crippen LogP contribution >= 0.6 is 11.8 Å². The molecule has 2 fully saturated rings. The molecule has 2 saturated heterocycles. The molecule has 1 aromatic heterocycles. The number of aromatic nitrogens is 1. The summed E-state index contributed by atoms with van der Waals surface area (Å²) in [5.74, 6) is -2.08. The van der Waals surface area contributed by atoms with Gasteiger partial charge in [-0.2, -0.15) is 13.2 Å². The first-order valence-electron chi connectivity index (χ1n) is 9.05. The van der Waals surface area contributed by atoms with Crippen molar-refractivity contribution in [3.63, 3.8) is 0 Å². The maximum atomic E-state index is 13.6. The third-order valence-electron chi connectivity index (χ3n) is 4.50. The van der Waals surface area contributed by atoms with E-state index in [0.717, 1.165) is 31.8 Å². The molecule has 0 bridgehead atoms. The van der Waals surface area contributed by atoms with Crippen LogP contribution in [0, 0.1) is 5.82 Å². The number of alkyl halides is 3. The largest absolute Gasteiger partial charge is 0.490 e. The monoisotopic (exact) mass is 453 g/mol. The van der Waals surface area contributed by atoms with E-state index in [1.165, 1.54) is 12.3 Å². The van der Waals surface area contributed by atoms with E-state index in [1.807, 2.05) is 35.7 Å². The fraction of sp³-hybridized carbons (Fsp3) is 0.611. The second-order valence-electron chi connectivity index (χ2n) is 7.33. The van der Waals surface area contributed by atoms with Crippen LogP contribution in [-0.2, 0) is 9.59 Å². The highest BCUT2D eigenvalue weighted by molar-refractivity contribution is 8.01. The molecule has 1 N–H and O–H groups in total. The average Bonchev–Trinajstić information content (AvgIpc) is 3.04. The topological polar surface area (TPSA) is 83.0 Å². The molecule has 12 heteroatoms. The number of rotatable bonds is 5. The zero-order valence-corrected chi connectivity index (χ0v) is 17.3. The number of halogens is 4. The number of ether oxygens (including phenoxy) is 1. The highest BCUT2D eigenvalue weighted by atomic mass is 32.2. The Kier molecular flexibility index (Phi) is 7.92. The quantitative estimate of drug-likeness (QED) is 0.685. The molecule has 1 amide bonds. The van der Waals surface area contributed by atoms with E-state index in [9.17, 15) is 22.4 Å². The van der Waals surface area contributed by atoms with Crippen LogP contribution in [0.2, 0.25) is 0 Å². The van der Waals surface area contributed by atoms with Gasteiger partial charge in [0.15, 0.2) is 5.82 Å². The Morgan fingerprint density at radius 3 is 2.57 bits per heavy atom. The first-order chi connectivity index (χ1) is 13.9. The van der Waals surface area contributed by atoms with Crippen molar-refractivity contribution in [1.82, 2.24) is 14.8 Å². The van der Waals surface area contributed by atoms with E-state index >= 15 is 0 Å². The minimum Gasteiger partial charge on any atom is -0.475 e. The number of hydrogen-bond donors (Lipinski definition) is 1. The lowest BCUT2D eigenvalue weighted by Crippen LogP contribution is -2.61. The lowest BCUT2D eigenvalue weighted by molar-refractivity contribution is -0.192. The Hall–Kier alpha value is -2.08. The lowest BCUT2D eigenvalue weighted by atomic mass is 9.92. The number of aliphatic carboxylic acids is 1. The zero-order valence-electron chi connectivity index (χ0n) is 16.5. The summed E-state index contributed by atoms with van der Waals surface area (Å²) in [6.45, 7) is 2.32. The van der Waals surface area contributed by atoms with Crippen LogP contribution in [0.4, 0.5) is 17.6 Å². The van der Waals surface area contributed by atoms with Crippen molar-refractivity contribution in [2.45, 2.75) is 29.9 Å². The van der Waals surface area contributed by atoms with Gasteiger partial charge in [0.1, 0.15) is 6.10 Å². The number of likely N-dealkylation sites (tertiary alicyclic amines) is 1. The molecule has 2 aliphatic heterocycles. The molecule has 0 aliphatic carbocycles. The number of pyridine rings is 1. The lowest BCUT2D eigenvalue weighted by Gasteiger charge is -2.47. The van der Waals surface area contributed by atoms with Gasteiger partial charge in [0.25, 0.3) is 5.88 Å². The number of amides is 1. The number of carbonyl (C=O) groups excluding carboxylic acids is 1. The Labute approximate surface area is 175 Å². The molecule has 2 aliphatic rings. The zero-order chi connectivity index (χ0) is 22.5. The summed E-state index contributed by atoms with van der Waals surface area (Å²) in [5.41, 5.74) is 0. The fourth-order valence-electron chi connectivity index (χ4n) is 3.02. The van der Waals surface area contributed by atoms with Crippen LogP contribution in [-0.4, -0.2) is 88.3 Å². The van der Waals surface area contributed by atoms with Gasteiger partial charge in [-0.1, -0.05) is 0 Å². The second-order valence-corrected chi connectivity index (χ2v) is 8.82. The van der Waals surface area contributed by atoms with Gasteiger partial charge in [0.2, 0.25) is 5.91 Å². The molecule has 168 valence electrons. The van der Waals surface area contributed by atoms with E-state index in [2.05, 4.69) is 4.98 Å². The molecular formula is C18H23F4N3O4S. The Bertz CT molecular complexity index is 757. The normalized spacial score (nSPS) is 19.8. The van der Waals surface area contributed by atoms with Gasteiger partial charge in [-0.25, -0.2) is 14.2 Å². The fourth-order valence-corrected chi connectivity index (χ4v) is 4.54. The summed E-state index contributed by atoms with van der Waals surface area (Å²) in [5, 5.41) is 7.12. The van der Waals surface area contributed by atoms with Crippen LogP contribution in [0.25, 0.3) is 0 Å². The molecule has 1 spiro atoms. The molecule has 1 unspecified atom stereocenters. The number of carboxylic acid groups (broad SMARTS) is 1. The molecule has 0 saturated carbocycles. The van der Waals surface area contributed by atoms with Gasteiger partial charge < -0.3 is 19.6 Å². The average molecular weight is 453 g/mol. The van der Waals surface area contributed by atoms with E-state index < -0.39 is 18.0 Å². The molecule has 30 heavy (non-hydrogen) atoms. The summed E-state index contributed by atoms with van der Waals surface area (Å²) in [6, 6.07) is 2.91. The van der Waals surface area contributed by atoms with Gasteiger partial charge in [0, 0.05) is 44.4 Å². The minimum atomic E-state index is -5.08. The van der Waals surface area contributed by atoms with Crippen molar-refractivity contribution < 1.29 is 37.0 Å². The van der Waals surface area contributed by atoms with Crippen molar-refractivity contribution in [1.29, 1.82) is 0 Å². The van der Waals surface area contributed by atoms with Crippen LogP contribution in [0.1, 0.15) is 12.8 Å². The number of hydrogen-bond acceptors (Lipinski definition) is 6. The summed E-state index contributed by atoms with van der Waals surface area (Å²) in [4.78, 5) is 28.9. The molecule has 7 nitrogen and oxygen atoms in total. The number of carboxylic acids is 1. The highest BCUT2D eigenvalue weighted by Gasteiger charge is 2.51. The van der Waals surface area contributed by atoms with E-state index in [4.69, 9.17) is 14.6 Å². The van der Waals surface area contributed by atoms with E-state index in [1.54, 1.807) is 6.07 Å². The Balaban J connectivity index is 0.000000396. The number of thioether (sulfide) groups is 1. The highest BCUT2D eigenvalue weighted by Crippen LogP contribution is 2.46. The molecular weight excluding hydrogens is 430 g/mol. The maximum Gasteiger partial charge on any atom is 0.490 e. The molecule has 0 radical (unpaired) electrons. The van der Waals surface area contributed by atoms with Crippen molar-refractivity contribution >= 4 is 23.6 Å². The van der Waals surface area contributed by atoms with Crippen LogP contribution in [0.15, 0.2) is 18.3 Å². The summed E-state index contributed by atoms with van der Waals surface area (Å²) < 4.78 is 51.1. The SMILES string of the molecule is CN(C)CCC(=O)N1CC2(CC(Oc3ncccc3F)CS2)C1.O=C(O)C(F)(F)F. The first kappa shape index (κ1) is 24.2. The maximum absolute atomic E-state index is 13.6. The third kappa shape index (κ3) is 6.73. The molecule has 1 aromatic rings. The predicted molar refractivity (Wildman–Crippen MR) is 102 cm³/mol. The van der Waals surface area contributed by atoms with Gasteiger partial charge in [-0.15, -0.1) is 11.8 Å². The van der Waals surface area contributed by atoms with Crippen molar-refractivity contribution in [2.75, 3.05) is 39.5 Å². The van der Waals surface area contributed by atoms with E-state index in [-0.39, 0.29) is 22.6 Å². The van der Waals surface area contributed by atoms with Crippen molar-refractivity contribution in [3.8, 4) is 5.88 Å². The molecule has 1 atom stereocenters. The Morgan fingerprint density at radius 2 is 2.03 bits per heavy atom. The second kappa shape index (κ2) is 9.82. The van der Waals surface area contributed by atoms with Gasteiger partial charge in [0.05, 0.1) is 4.75 Å². The van der Waals surface area contributed by atoms with Crippen LogP contribution < -0.4 is 4.74 Å². The first-order valence-corrected chi connectivity index (χ1v) is 10.0. The third-order valence-corrected chi connectivity index (χ3v) is 6.08. The molecule has 3 rings (SSSR count). The summed E-state index contributed by atoms with van der Waals surface area (Å²) in [6.07, 6.45) is -2.19.